The van der Waals surface area contributed by atoms with Crippen molar-refractivity contribution in [1.82, 2.24) is 15.2 Å². The first-order valence-electron chi connectivity index (χ1n) is 9.35. The summed E-state index contributed by atoms with van der Waals surface area (Å²) in [4.78, 5) is 21.0. The van der Waals surface area contributed by atoms with E-state index in [1.165, 1.54) is 11.3 Å². The van der Waals surface area contributed by atoms with Gasteiger partial charge in [-0.25, -0.2) is 0 Å². The molecule has 26 heavy (non-hydrogen) atoms. The van der Waals surface area contributed by atoms with Crippen LogP contribution in [-0.2, 0) is 4.74 Å². The van der Waals surface area contributed by atoms with Gasteiger partial charge < -0.3 is 14.8 Å². The minimum atomic E-state index is 0.0318. The number of carbonyl (C=O) groups excluding carboxylic acids is 1. The lowest BCUT2D eigenvalue weighted by Gasteiger charge is -2.43. The van der Waals surface area contributed by atoms with Gasteiger partial charge in [0.2, 0.25) is 0 Å². The number of nitrogens with one attached hydrogen (secondary N) is 1. The molecule has 6 nitrogen and oxygen atoms in total. The fourth-order valence-corrected chi connectivity index (χ4v) is 5.68. The summed E-state index contributed by atoms with van der Waals surface area (Å²) in [6.45, 7) is 5.93. The predicted octanol–water partition coefficient (Wildman–Crippen LogP) is 2.74. The molecule has 1 amide bonds. The third-order valence-corrected chi connectivity index (χ3v) is 7.67. The quantitative estimate of drug-likeness (QED) is 0.846. The van der Waals surface area contributed by atoms with Crippen LogP contribution in [0.3, 0.4) is 0 Å². The third kappa shape index (κ3) is 3.35. The third-order valence-electron chi connectivity index (χ3n) is 5.62. The zero-order chi connectivity index (χ0) is 17.7. The van der Waals surface area contributed by atoms with Gasteiger partial charge in [-0.2, -0.15) is 4.98 Å². The van der Waals surface area contributed by atoms with Gasteiger partial charge in [-0.05, 0) is 18.4 Å². The maximum atomic E-state index is 12.2. The fourth-order valence-electron chi connectivity index (χ4n) is 3.66. The molecule has 0 spiro atoms. The minimum Gasteiger partial charge on any atom is -0.467 e. The summed E-state index contributed by atoms with van der Waals surface area (Å²) in [6, 6.07) is 2.93. The van der Waals surface area contributed by atoms with Gasteiger partial charge in [0.15, 0.2) is 0 Å². The highest BCUT2D eigenvalue weighted by Crippen LogP contribution is 2.38. The molecule has 0 bridgehead atoms. The molecule has 2 saturated carbocycles. The highest BCUT2D eigenvalue weighted by atomic mass is 32.1. The van der Waals surface area contributed by atoms with Gasteiger partial charge in [0, 0.05) is 38.0 Å². The van der Waals surface area contributed by atoms with Gasteiger partial charge in [0.25, 0.3) is 11.1 Å². The average Bonchev–Trinajstić information content (AvgIpc) is 2.99. The van der Waals surface area contributed by atoms with Crippen LogP contribution >= 0.6 is 22.7 Å². The Morgan fingerprint density at radius 2 is 2.08 bits per heavy atom. The molecule has 3 aliphatic rings. The topological polar surface area (TPSA) is 63.7 Å². The van der Waals surface area contributed by atoms with Crippen LogP contribution in [-0.4, -0.2) is 60.3 Å². The summed E-state index contributed by atoms with van der Waals surface area (Å²) in [5.41, 5.74) is 0. The molecule has 140 valence electrons. The Hall–Kier alpha value is -1.22. The number of carbonyl (C=O) groups is 1. The van der Waals surface area contributed by atoms with Gasteiger partial charge >= 0.3 is 0 Å². The fraction of sp³-hybridized carbons (Fsp3) is 0.667. The molecule has 1 N–H and O–H groups in total. The second-order valence-electron chi connectivity index (χ2n) is 7.57. The highest BCUT2D eigenvalue weighted by molar-refractivity contribution is 7.28. The molecule has 8 heteroatoms. The lowest BCUT2D eigenvalue weighted by Crippen LogP contribution is -2.52. The van der Waals surface area contributed by atoms with Crippen molar-refractivity contribution in [1.29, 1.82) is 0 Å². The average molecular weight is 394 g/mol. The number of aromatic nitrogens is 1. The Morgan fingerprint density at radius 3 is 2.77 bits per heavy atom. The maximum Gasteiger partial charge on any atom is 0.275 e. The monoisotopic (exact) mass is 393 g/mol. The van der Waals surface area contributed by atoms with Crippen LogP contribution in [0.15, 0.2) is 6.07 Å². The van der Waals surface area contributed by atoms with Crippen molar-refractivity contribution >= 4 is 38.1 Å². The van der Waals surface area contributed by atoms with Crippen LogP contribution in [0.4, 0.5) is 0 Å². The van der Waals surface area contributed by atoms with Crippen molar-refractivity contribution in [3.8, 4) is 5.19 Å². The summed E-state index contributed by atoms with van der Waals surface area (Å²) < 4.78 is 12.5. The summed E-state index contributed by atoms with van der Waals surface area (Å²) in [6.07, 6.45) is 3.50. The molecule has 0 aromatic carbocycles. The molecule has 2 atom stereocenters. The van der Waals surface area contributed by atoms with E-state index >= 15 is 0 Å². The summed E-state index contributed by atoms with van der Waals surface area (Å²) >= 11 is 3.01. The SMILES string of the molecule is C[C@H]1C[C@@H]1NC(=O)c1cc2sc(OC3CC(N4CCOCC4)C3)nc2s1. The van der Waals surface area contributed by atoms with Crippen molar-refractivity contribution in [3.05, 3.63) is 10.9 Å². The van der Waals surface area contributed by atoms with E-state index in [2.05, 4.69) is 22.1 Å². The lowest BCUT2D eigenvalue weighted by atomic mass is 9.87. The second-order valence-corrected chi connectivity index (χ2v) is 9.59. The number of hydrogen-bond acceptors (Lipinski definition) is 7. The first kappa shape index (κ1) is 16.9. The van der Waals surface area contributed by atoms with E-state index < -0.39 is 0 Å². The number of morpholine rings is 1. The Balaban J connectivity index is 1.16. The molecule has 1 aliphatic heterocycles. The molecule has 3 heterocycles. The summed E-state index contributed by atoms with van der Waals surface area (Å²) in [5.74, 6) is 0.645. The molecule has 5 rings (SSSR count). The van der Waals surface area contributed by atoms with E-state index in [-0.39, 0.29) is 12.0 Å². The van der Waals surface area contributed by atoms with Gasteiger partial charge in [0.05, 0.1) is 22.8 Å². The number of thiophene rings is 1. The number of thiazole rings is 1. The number of fused-ring (bicyclic) bond motifs is 1. The van der Waals surface area contributed by atoms with Crippen LogP contribution in [0.1, 0.15) is 35.9 Å². The highest BCUT2D eigenvalue weighted by Gasteiger charge is 2.36. The summed E-state index contributed by atoms with van der Waals surface area (Å²) in [7, 11) is 0. The molecule has 2 aliphatic carbocycles. The number of nitrogens with zero attached hydrogens (tertiary/aromatic N) is 2. The predicted molar refractivity (Wildman–Crippen MR) is 102 cm³/mol. The zero-order valence-electron chi connectivity index (χ0n) is 14.8. The molecule has 0 radical (unpaired) electrons. The van der Waals surface area contributed by atoms with E-state index in [0.29, 0.717) is 18.0 Å². The molecule has 3 fully saturated rings. The van der Waals surface area contributed by atoms with E-state index in [1.54, 1.807) is 11.3 Å². The van der Waals surface area contributed by atoms with Crippen LogP contribution in [0.2, 0.25) is 0 Å². The van der Waals surface area contributed by atoms with Crippen molar-refractivity contribution < 1.29 is 14.3 Å². The first-order valence-corrected chi connectivity index (χ1v) is 11.0. The number of hydrogen-bond donors (Lipinski definition) is 1. The standard InChI is InChI=1S/C18H23N3O3S2/c1-10-6-13(10)19-16(22)14-9-15-17(25-14)20-18(26-15)24-12-7-11(8-12)21-2-4-23-5-3-21/h9-13H,2-8H2,1H3,(H,19,22)/t10-,11?,12?,13-/m0/s1. The van der Waals surface area contributed by atoms with E-state index in [0.717, 1.165) is 65.2 Å². The molecule has 2 aromatic rings. The number of rotatable bonds is 5. The largest absolute Gasteiger partial charge is 0.467 e. The number of ether oxygens (including phenoxy) is 2. The van der Waals surface area contributed by atoms with Gasteiger partial charge in [-0.1, -0.05) is 18.3 Å². The first-order chi connectivity index (χ1) is 12.7. The maximum absolute atomic E-state index is 12.2. The second kappa shape index (κ2) is 6.74. The van der Waals surface area contributed by atoms with Gasteiger partial charge in [-0.15, -0.1) is 11.3 Å². The van der Waals surface area contributed by atoms with Crippen molar-refractivity contribution in [3.63, 3.8) is 0 Å². The Bertz CT molecular complexity index is 776. The van der Waals surface area contributed by atoms with Crippen molar-refractivity contribution in [2.24, 2.45) is 5.92 Å². The van der Waals surface area contributed by atoms with Crippen LogP contribution in [0, 0.1) is 5.92 Å². The molecule has 0 unspecified atom stereocenters. The normalized spacial score (nSPS) is 31.6. The van der Waals surface area contributed by atoms with Crippen molar-refractivity contribution in [2.45, 2.75) is 44.4 Å². The van der Waals surface area contributed by atoms with Gasteiger partial charge in [-0.3, -0.25) is 9.69 Å². The van der Waals surface area contributed by atoms with Crippen LogP contribution in [0.25, 0.3) is 9.53 Å². The Morgan fingerprint density at radius 1 is 1.31 bits per heavy atom. The Labute approximate surface area is 160 Å². The Kier molecular flexibility index (Phi) is 4.39. The minimum absolute atomic E-state index is 0.0318. The summed E-state index contributed by atoms with van der Waals surface area (Å²) in [5, 5.41) is 3.81. The molecular formula is C18H23N3O3S2. The lowest BCUT2D eigenvalue weighted by molar-refractivity contribution is -0.0373. The smallest absolute Gasteiger partial charge is 0.275 e. The van der Waals surface area contributed by atoms with Gasteiger partial charge in [0.1, 0.15) is 10.9 Å². The number of amides is 1. The molecular weight excluding hydrogens is 370 g/mol. The zero-order valence-corrected chi connectivity index (χ0v) is 16.4. The van der Waals surface area contributed by atoms with Crippen LogP contribution < -0.4 is 10.1 Å². The van der Waals surface area contributed by atoms with E-state index in [1.807, 2.05) is 6.07 Å². The molecule has 1 saturated heterocycles. The van der Waals surface area contributed by atoms with Crippen LogP contribution in [0.5, 0.6) is 5.19 Å². The molecule has 2 aromatic heterocycles. The van der Waals surface area contributed by atoms with E-state index in [9.17, 15) is 4.79 Å². The van der Waals surface area contributed by atoms with E-state index in [4.69, 9.17) is 9.47 Å². The van der Waals surface area contributed by atoms with Crippen molar-refractivity contribution in [2.75, 3.05) is 26.3 Å².